The van der Waals surface area contributed by atoms with Crippen molar-refractivity contribution in [3.8, 4) is 0 Å². The molecule has 0 aliphatic carbocycles. The smallest absolute Gasteiger partial charge is 0.149 e. The number of benzene rings is 1. The second-order valence-electron chi connectivity index (χ2n) is 3.55. The van der Waals surface area contributed by atoms with Gasteiger partial charge in [-0.2, -0.15) is 0 Å². The van der Waals surface area contributed by atoms with E-state index in [-0.39, 0.29) is 6.61 Å². The van der Waals surface area contributed by atoms with E-state index in [1.807, 2.05) is 18.2 Å². The van der Waals surface area contributed by atoms with Crippen molar-refractivity contribution < 1.29 is 5.11 Å². The minimum absolute atomic E-state index is 0.154. The molecule has 0 unspecified atom stereocenters. The number of aromatic nitrogens is 2. The topological polar surface area (TPSA) is 81.9 Å². The summed E-state index contributed by atoms with van der Waals surface area (Å²) in [6.45, 7) is -0.154. The van der Waals surface area contributed by atoms with Gasteiger partial charge in [-0.05, 0) is 12.1 Å². The summed E-state index contributed by atoms with van der Waals surface area (Å²) in [6, 6.07) is 5.54. The first-order valence-corrected chi connectivity index (χ1v) is 6.01. The Kier molecular flexibility index (Phi) is 4.01. The maximum absolute atomic E-state index is 9.00. The first-order valence-electron chi connectivity index (χ1n) is 5.22. The van der Waals surface area contributed by atoms with Crippen molar-refractivity contribution in [2.45, 2.75) is 6.61 Å². The van der Waals surface area contributed by atoms with E-state index >= 15 is 0 Å². The Balaban J connectivity index is 2.32. The number of aliphatic hydroxyl groups is 1. The van der Waals surface area contributed by atoms with Gasteiger partial charge >= 0.3 is 0 Å². The van der Waals surface area contributed by atoms with Crippen LogP contribution in [0.2, 0.25) is 0 Å². The third-order valence-electron chi connectivity index (χ3n) is 2.28. The van der Waals surface area contributed by atoms with Gasteiger partial charge in [-0.15, -0.1) is 0 Å². The largest absolute Gasteiger partial charge is 0.390 e. The highest BCUT2D eigenvalue weighted by atomic mass is 79.9. The van der Waals surface area contributed by atoms with Crippen LogP contribution in [-0.4, -0.2) is 21.3 Å². The Morgan fingerprint density at radius 3 is 2.94 bits per heavy atom. The predicted molar refractivity (Wildman–Crippen MR) is 73.3 cm³/mol. The average Bonchev–Trinajstić information content (AvgIpc) is 2.39. The van der Waals surface area contributed by atoms with Gasteiger partial charge < -0.3 is 15.8 Å². The van der Waals surface area contributed by atoms with Gasteiger partial charge in [-0.3, -0.25) is 4.98 Å². The molecule has 6 heteroatoms. The van der Waals surface area contributed by atoms with Crippen LogP contribution in [0.1, 0.15) is 11.3 Å². The van der Waals surface area contributed by atoms with Crippen molar-refractivity contribution >= 4 is 33.6 Å². The van der Waals surface area contributed by atoms with Crippen LogP contribution in [0.25, 0.3) is 0 Å². The molecule has 0 aliphatic rings. The van der Waals surface area contributed by atoms with E-state index < -0.39 is 0 Å². The molecule has 0 fully saturated rings. The third-order valence-corrected chi connectivity index (χ3v) is 2.77. The summed E-state index contributed by atoms with van der Waals surface area (Å²) in [6.07, 6.45) is 4.33. The van der Waals surface area contributed by atoms with Gasteiger partial charge in [0.1, 0.15) is 5.82 Å². The molecule has 0 saturated carbocycles. The molecule has 0 bridgehead atoms. The zero-order valence-electron chi connectivity index (χ0n) is 9.39. The van der Waals surface area contributed by atoms with E-state index in [4.69, 9.17) is 10.5 Å². The Morgan fingerprint density at radius 2 is 2.22 bits per heavy atom. The normalized spacial score (nSPS) is 10.1. The second kappa shape index (κ2) is 5.70. The minimum Gasteiger partial charge on any atom is -0.390 e. The van der Waals surface area contributed by atoms with Gasteiger partial charge in [0, 0.05) is 21.9 Å². The number of hydrogen-bond donors (Lipinski definition) is 3. The molecule has 2 aromatic rings. The summed E-state index contributed by atoms with van der Waals surface area (Å²) in [5.74, 6) is 0.530. The first-order chi connectivity index (χ1) is 8.72. The molecule has 92 valence electrons. The van der Waals surface area contributed by atoms with Crippen LogP contribution in [0.3, 0.4) is 0 Å². The lowest BCUT2D eigenvalue weighted by molar-refractivity contribution is 0.276. The van der Waals surface area contributed by atoms with Gasteiger partial charge in [0.2, 0.25) is 0 Å². The van der Waals surface area contributed by atoms with Gasteiger partial charge in [-0.25, -0.2) is 4.98 Å². The van der Waals surface area contributed by atoms with Gasteiger partial charge in [-0.1, -0.05) is 22.0 Å². The van der Waals surface area contributed by atoms with Crippen LogP contribution >= 0.6 is 15.9 Å². The lowest BCUT2D eigenvalue weighted by Crippen LogP contribution is -2.00. The Labute approximate surface area is 113 Å². The van der Waals surface area contributed by atoms with Crippen molar-refractivity contribution in [2.24, 2.45) is 0 Å². The summed E-state index contributed by atoms with van der Waals surface area (Å²) >= 11 is 3.38. The molecular formula is C12H11BrN4O. The fraction of sp³-hybridized carbons (Fsp3) is 0.0833. The lowest BCUT2D eigenvalue weighted by Gasteiger charge is -2.09. The Hall–Kier alpha value is -1.79. The van der Waals surface area contributed by atoms with Gasteiger partial charge in [0.25, 0.3) is 0 Å². The van der Waals surface area contributed by atoms with Crippen molar-refractivity contribution in [1.29, 1.82) is 5.41 Å². The molecule has 5 nitrogen and oxygen atoms in total. The monoisotopic (exact) mass is 306 g/mol. The van der Waals surface area contributed by atoms with Crippen molar-refractivity contribution in [1.82, 2.24) is 9.97 Å². The third kappa shape index (κ3) is 2.91. The van der Waals surface area contributed by atoms with E-state index in [0.717, 1.165) is 15.7 Å². The quantitative estimate of drug-likeness (QED) is 0.758. The Bertz CT molecular complexity index is 574. The van der Waals surface area contributed by atoms with Crippen LogP contribution in [-0.2, 0) is 6.61 Å². The molecule has 0 atom stereocenters. The highest BCUT2D eigenvalue weighted by molar-refractivity contribution is 9.10. The number of halogens is 1. The van der Waals surface area contributed by atoms with Crippen LogP contribution in [0.4, 0.5) is 11.5 Å². The molecule has 0 amide bonds. The summed E-state index contributed by atoms with van der Waals surface area (Å²) in [5.41, 5.74) is 1.99. The van der Waals surface area contributed by atoms with E-state index in [9.17, 15) is 0 Å². The number of nitrogens with zero attached hydrogens (tertiary/aromatic N) is 2. The van der Waals surface area contributed by atoms with Crippen LogP contribution in [0.5, 0.6) is 0 Å². The molecular weight excluding hydrogens is 296 g/mol. The molecule has 0 radical (unpaired) electrons. The summed E-state index contributed by atoms with van der Waals surface area (Å²) in [5, 5.41) is 19.4. The predicted octanol–water partition coefficient (Wildman–Crippen LogP) is 2.47. The fourth-order valence-corrected chi connectivity index (χ4v) is 1.80. The first kappa shape index (κ1) is 12.7. The standard InChI is InChI=1S/C12H11BrN4O/c13-9-2-1-8(4-14)11(3-9)17-12-6-15-5-10(7-18)16-12/h1-6,14,18H,7H2,(H,16,17). The fourth-order valence-electron chi connectivity index (χ4n) is 1.44. The zero-order chi connectivity index (χ0) is 13.0. The van der Waals surface area contributed by atoms with Gasteiger partial charge in [0.15, 0.2) is 0 Å². The molecule has 0 spiro atoms. The number of anilines is 2. The Morgan fingerprint density at radius 1 is 1.39 bits per heavy atom. The highest BCUT2D eigenvalue weighted by Crippen LogP contribution is 2.22. The van der Waals surface area contributed by atoms with E-state index in [1.165, 1.54) is 12.4 Å². The second-order valence-corrected chi connectivity index (χ2v) is 4.47. The van der Waals surface area contributed by atoms with Gasteiger partial charge in [0.05, 0.1) is 24.7 Å². The SMILES string of the molecule is N=Cc1ccc(Br)cc1Nc1cncc(CO)n1. The molecule has 3 N–H and O–H groups in total. The number of hydrogen-bond acceptors (Lipinski definition) is 5. The van der Waals surface area contributed by atoms with Crippen LogP contribution in [0.15, 0.2) is 35.1 Å². The van der Waals surface area contributed by atoms with E-state index in [0.29, 0.717) is 11.5 Å². The highest BCUT2D eigenvalue weighted by Gasteiger charge is 2.03. The number of aliphatic hydroxyl groups excluding tert-OH is 1. The van der Waals surface area contributed by atoms with Crippen molar-refractivity contribution in [3.63, 3.8) is 0 Å². The van der Waals surface area contributed by atoms with Crippen molar-refractivity contribution in [2.75, 3.05) is 5.32 Å². The van der Waals surface area contributed by atoms with Crippen molar-refractivity contribution in [3.05, 3.63) is 46.3 Å². The number of nitrogens with one attached hydrogen (secondary N) is 2. The molecule has 1 heterocycles. The molecule has 1 aromatic carbocycles. The summed E-state index contributed by atoms with van der Waals surface area (Å²) in [7, 11) is 0. The van der Waals surface area contributed by atoms with Crippen LogP contribution < -0.4 is 5.32 Å². The maximum Gasteiger partial charge on any atom is 0.149 e. The molecule has 1 aromatic heterocycles. The maximum atomic E-state index is 9.00. The molecule has 0 aliphatic heterocycles. The molecule has 18 heavy (non-hydrogen) atoms. The summed E-state index contributed by atoms with van der Waals surface area (Å²) in [4.78, 5) is 8.15. The van der Waals surface area contributed by atoms with Crippen LogP contribution in [0, 0.1) is 5.41 Å². The summed E-state index contributed by atoms with van der Waals surface area (Å²) < 4.78 is 0.905. The molecule has 0 saturated heterocycles. The van der Waals surface area contributed by atoms with E-state index in [1.54, 1.807) is 6.20 Å². The lowest BCUT2D eigenvalue weighted by atomic mass is 10.2. The zero-order valence-corrected chi connectivity index (χ0v) is 11.0. The average molecular weight is 307 g/mol. The minimum atomic E-state index is -0.154. The van der Waals surface area contributed by atoms with E-state index in [2.05, 4.69) is 31.2 Å². The molecule has 2 rings (SSSR count). The number of rotatable bonds is 4.